The highest BCUT2D eigenvalue weighted by Gasteiger charge is 2.25. The number of carboxylic acid groups (broad SMARTS) is 1. The fourth-order valence-corrected chi connectivity index (χ4v) is 3.78. The molecule has 0 saturated heterocycles. The molecule has 110 valence electrons. The van der Waals surface area contributed by atoms with E-state index < -0.39 is 5.97 Å². The van der Waals surface area contributed by atoms with Crippen molar-refractivity contribution in [2.24, 2.45) is 0 Å². The van der Waals surface area contributed by atoms with E-state index in [1.807, 2.05) is 11.8 Å². The molecule has 0 radical (unpaired) electrons. The van der Waals surface area contributed by atoms with Crippen molar-refractivity contribution in [1.82, 2.24) is 0 Å². The molecule has 0 aromatic heterocycles. The van der Waals surface area contributed by atoms with Crippen LogP contribution in [0.4, 0.5) is 5.69 Å². The number of ether oxygens (including phenoxy) is 1. The van der Waals surface area contributed by atoms with Crippen molar-refractivity contribution in [3.05, 3.63) is 23.8 Å². The van der Waals surface area contributed by atoms with Gasteiger partial charge in [-0.1, -0.05) is 6.92 Å². The van der Waals surface area contributed by atoms with Gasteiger partial charge in [0.15, 0.2) is 0 Å². The van der Waals surface area contributed by atoms with E-state index in [1.54, 1.807) is 25.3 Å². The van der Waals surface area contributed by atoms with Crippen LogP contribution in [0.1, 0.15) is 36.5 Å². The molecule has 2 unspecified atom stereocenters. The van der Waals surface area contributed by atoms with Crippen LogP contribution in [0.5, 0.6) is 5.75 Å². The van der Waals surface area contributed by atoms with Crippen LogP contribution in [0.25, 0.3) is 0 Å². The van der Waals surface area contributed by atoms with Crippen molar-refractivity contribution in [3.8, 4) is 5.75 Å². The zero-order valence-corrected chi connectivity index (χ0v) is 12.7. The molecule has 5 heteroatoms. The second kappa shape index (κ2) is 6.88. The van der Waals surface area contributed by atoms with Crippen molar-refractivity contribution < 1.29 is 14.6 Å². The highest BCUT2D eigenvalue weighted by Crippen LogP contribution is 2.33. The van der Waals surface area contributed by atoms with Crippen molar-refractivity contribution >= 4 is 23.4 Å². The quantitative estimate of drug-likeness (QED) is 0.841. The molecule has 0 bridgehead atoms. The topological polar surface area (TPSA) is 58.6 Å². The Bertz CT molecular complexity index is 478. The SMILES string of the molecule is CCSC1CCC(Nc2cc(OC)ccc2C(=O)O)C1. The van der Waals surface area contributed by atoms with Crippen LogP contribution in [0, 0.1) is 0 Å². The fourth-order valence-electron chi connectivity index (χ4n) is 2.63. The highest BCUT2D eigenvalue weighted by molar-refractivity contribution is 7.99. The van der Waals surface area contributed by atoms with Crippen molar-refractivity contribution in [2.75, 3.05) is 18.2 Å². The molecule has 1 aromatic rings. The Morgan fingerprint density at radius 3 is 2.95 bits per heavy atom. The molecule has 20 heavy (non-hydrogen) atoms. The maximum atomic E-state index is 11.3. The lowest BCUT2D eigenvalue weighted by Gasteiger charge is -2.17. The number of rotatable bonds is 6. The summed E-state index contributed by atoms with van der Waals surface area (Å²) in [6, 6.07) is 5.39. The van der Waals surface area contributed by atoms with E-state index in [9.17, 15) is 9.90 Å². The largest absolute Gasteiger partial charge is 0.497 e. The van der Waals surface area contributed by atoms with Gasteiger partial charge in [-0.15, -0.1) is 0 Å². The van der Waals surface area contributed by atoms with Gasteiger partial charge in [0, 0.05) is 17.4 Å². The van der Waals surface area contributed by atoms with Crippen LogP contribution >= 0.6 is 11.8 Å². The Labute approximate surface area is 123 Å². The molecule has 1 aliphatic rings. The molecule has 1 saturated carbocycles. The third-order valence-electron chi connectivity index (χ3n) is 3.60. The predicted octanol–water partition coefficient (Wildman–Crippen LogP) is 3.48. The normalized spacial score (nSPS) is 21.7. The minimum absolute atomic E-state index is 0.303. The first-order valence-corrected chi connectivity index (χ1v) is 7.98. The number of benzene rings is 1. The third kappa shape index (κ3) is 3.60. The van der Waals surface area contributed by atoms with Crippen molar-refractivity contribution in [1.29, 1.82) is 0 Å². The Morgan fingerprint density at radius 1 is 1.50 bits per heavy atom. The van der Waals surface area contributed by atoms with Gasteiger partial charge in [0.25, 0.3) is 0 Å². The Balaban J connectivity index is 2.10. The van der Waals surface area contributed by atoms with Crippen LogP contribution in [0.2, 0.25) is 0 Å². The summed E-state index contributed by atoms with van der Waals surface area (Å²) in [5.74, 6) is 0.902. The lowest BCUT2D eigenvalue weighted by atomic mass is 10.1. The Kier molecular flexibility index (Phi) is 5.17. The van der Waals surface area contributed by atoms with E-state index in [4.69, 9.17) is 4.74 Å². The standard InChI is InChI=1S/C15H21NO3S/c1-3-20-12-6-4-10(8-12)16-14-9-11(19-2)5-7-13(14)15(17)18/h5,7,9-10,12,16H,3-4,6,8H2,1-2H3,(H,17,18). The first-order valence-electron chi connectivity index (χ1n) is 6.93. The molecular formula is C15H21NO3S. The molecule has 4 nitrogen and oxygen atoms in total. The number of aromatic carboxylic acids is 1. The molecule has 0 heterocycles. The summed E-state index contributed by atoms with van der Waals surface area (Å²) in [7, 11) is 1.59. The molecule has 2 rings (SSSR count). The first kappa shape index (κ1) is 15.0. The molecule has 0 spiro atoms. The summed E-state index contributed by atoms with van der Waals surface area (Å²) >= 11 is 1.99. The molecule has 1 aromatic carbocycles. The van der Waals surface area contributed by atoms with Gasteiger partial charge >= 0.3 is 5.97 Å². The molecule has 2 N–H and O–H groups in total. The molecular weight excluding hydrogens is 274 g/mol. The number of nitrogens with one attached hydrogen (secondary N) is 1. The van der Waals surface area contributed by atoms with Crippen molar-refractivity contribution in [2.45, 2.75) is 37.5 Å². The zero-order valence-electron chi connectivity index (χ0n) is 11.9. The Hall–Kier alpha value is -1.36. The number of hydrogen-bond donors (Lipinski definition) is 2. The van der Waals surface area contributed by atoms with Gasteiger partial charge in [0.2, 0.25) is 0 Å². The lowest BCUT2D eigenvalue weighted by molar-refractivity contribution is 0.0698. The summed E-state index contributed by atoms with van der Waals surface area (Å²) < 4.78 is 5.18. The van der Waals surface area contributed by atoms with Gasteiger partial charge in [-0.2, -0.15) is 11.8 Å². The molecule has 0 amide bonds. The summed E-state index contributed by atoms with van der Waals surface area (Å²) in [4.78, 5) is 11.3. The van der Waals surface area contributed by atoms with Gasteiger partial charge in [-0.3, -0.25) is 0 Å². The summed E-state index contributed by atoms with van der Waals surface area (Å²) in [5, 5.41) is 13.3. The summed E-state index contributed by atoms with van der Waals surface area (Å²) in [6.07, 6.45) is 3.38. The molecule has 1 aliphatic carbocycles. The molecule has 0 aliphatic heterocycles. The highest BCUT2D eigenvalue weighted by atomic mass is 32.2. The average Bonchev–Trinajstić information content (AvgIpc) is 2.86. The van der Waals surface area contributed by atoms with Crippen molar-refractivity contribution in [3.63, 3.8) is 0 Å². The van der Waals surface area contributed by atoms with E-state index in [2.05, 4.69) is 12.2 Å². The van der Waals surface area contributed by atoms with Crippen LogP contribution < -0.4 is 10.1 Å². The van der Waals surface area contributed by atoms with E-state index in [1.165, 1.54) is 6.42 Å². The number of thioether (sulfide) groups is 1. The third-order valence-corrected chi connectivity index (χ3v) is 4.84. The number of carboxylic acids is 1. The summed E-state index contributed by atoms with van der Waals surface area (Å²) in [5.41, 5.74) is 0.960. The maximum Gasteiger partial charge on any atom is 0.337 e. The van der Waals surface area contributed by atoms with Crippen LogP contribution in [-0.2, 0) is 0 Å². The van der Waals surface area contributed by atoms with E-state index in [0.29, 0.717) is 28.3 Å². The first-order chi connectivity index (χ1) is 9.63. The smallest absolute Gasteiger partial charge is 0.337 e. The van der Waals surface area contributed by atoms with Gasteiger partial charge in [-0.25, -0.2) is 4.79 Å². The van der Waals surface area contributed by atoms with Gasteiger partial charge in [0.05, 0.1) is 18.4 Å². The van der Waals surface area contributed by atoms with Crippen LogP contribution in [-0.4, -0.2) is 35.2 Å². The minimum atomic E-state index is -0.910. The second-order valence-corrected chi connectivity index (χ2v) is 6.53. The van der Waals surface area contributed by atoms with E-state index in [0.717, 1.165) is 18.6 Å². The van der Waals surface area contributed by atoms with Crippen LogP contribution in [0.3, 0.4) is 0 Å². The number of anilines is 1. The van der Waals surface area contributed by atoms with E-state index >= 15 is 0 Å². The van der Waals surface area contributed by atoms with Gasteiger partial charge in [0.1, 0.15) is 5.75 Å². The lowest BCUT2D eigenvalue weighted by Crippen LogP contribution is -2.18. The molecule has 2 atom stereocenters. The molecule has 1 fully saturated rings. The van der Waals surface area contributed by atoms with E-state index in [-0.39, 0.29) is 0 Å². The second-order valence-electron chi connectivity index (χ2n) is 4.95. The number of hydrogen-bond acceptors (Lipinski definition) is 4. The predicted molar refractivity (Wildman–Crippen MR) is 83.1 cm³/mol. The summed E-state index contributed by atoms with van der Waals surface area (Å²) in [6.45, 7) is 2.18. The number of methoxy groups -OCH3 is 1. The fraction of sp³-hybridized carbons (Fsp3) is 0.533. The zero-order chi connectivity index (χ0) is 14.5. The Morgan fingerprint density at radius 2 is 2.30 bits per heavy atom. The maximum absolute atomic E-state index is 11.3. The average molecular weight is 295 g/mol. The number of carbonyl (C=O) groups is 1. The monoisotopic (exact) mass is 295 g/mol. The van der Waals surface area contributed by atoms with Gasteiger partial charge in [-0.05, 0) is 37.1 Å². The van der Waals surface area contributed by atoms with Gasteiger partial charge < -0.3 is 15.2 Å². The minimum Gasteiger partial charge on any atom is -0.497 e. The van der Waals surface area contributed by atoms with Crippen LogP contribution in [0.15, 0.2) is 18.2 Å².